The Hall–Kier alpha value is -1.96. The quantitative estimate of drug-likeness (QED) is 0.627. The van der Waals surface area contributed by atoms with Crippen molar-refractivity contribution in [3.63, 3.8) is 0 Å². The molecule has 8 nitrogen and oxygen atoms in total. The summed E-state index contributed by atoms with van der Waals surface area (Å²) in [5.41, 5.74) is -0.526. The maximum Gasteiger partial charge on any atom is 0.274 e. The Balaban J connectivity index is 1.67. The number of aromatic nitrogens is 3. The second-order valence-corrected chi connectivity index (χ2v) is 7.77. The van der Waals surface area contributed by atoms with Crippen LogP contribution < -0.4 is 16.0 Å². The topological polar surface area (TPSA) is 101 Å². The summed E-state index contributed by atoms with van der Waals surface area (Å²) >= 11 is 0. The van der Waals surface area contributed by atoms with Crippen molar-refractivity contribution in [3.05, 3.63) is 11.9 Å². The first kappa shape index (κ1) is 19.8. The van der Waals surface area contributed by atoms with E-state index < -0.39 is 5.54 Å². The van der Waals surface area contributed by atoms with Gasteiger partial charge in [0.2, 0.25) is 5.91 Å². The van der Waals surface area contributed by atoms with Gasteiger partial charge in [0.05, 0.1) is 12.2 Å². The maximum absolute atomic E-state index is 12.8. The molecular formula is C19H32N6O2. The van der Waals surface area contributed by atoms with Gasteiger partial charge in [-0.05, 0) is 45.2 Å². The highest BCUT2D eigenvalue weighted by molar-refractivity contribution is 5.97. The molecule has 27 heavy (non-hydrogen) atoms. The van der Waals surface area contributed by atoms with E-state index >= 15 is 0 Å². The molecule has 1 saturated heterocycles. The Morgan fingerprint density at radius 3 is 2.70 bits per heavy atom. The maximum atomic E-state index is 12.8. The molecular weight excluding hydrogens is 344 g/mol. The average molecular weight is 377 g/mol. The standard InChI is InChI=1S/C19H32N6O2/c1-2-3-11-21-18(27)19(9-5-4-6-10-19)22-17(26)16-14-25(24-23-16)15-7-12-20-13-8-15/h14-15,20H,2-13H2,1H3,(H,21,27)(H,22,26). The van der Waals surface area contributed by atoms with Crippen molar-refractivity contribution in [3.8, 4) is 0 Å². The summed E-state index contributed by atoms with van der Waals surface area (Å²) in [7, 11) is 0. The van der Waals surface area contributed by atoms with E-state index in [9.17, 15) is 9.59 Å². The molecule has 3 N–H and O–H groups in total. The second kappa shape index (κ2) is 9.30. The molecule has 0 unspecified atom stereocenters. The van der Waals surface area contributed by atoms with Gasteiger partial charge >= 0.3 is 0 Å². The van der Waals surface area contributed by atoms with Crippen molar-refractivity contribution in [2.24, 2.45) is 0 Å². The van der Waals surface area contributed by atoms with Gasteiger partial charge in [-0.1, -0.05) is 37.8 Å². The molecule has 0 bridgehead atoms. The molecule has 0 atom stereocenters. The molecule has 1 saturated carbocycles. The number of amides is 2. The van der Waals surface area contributed by atoms with Gasteiger partial charge in [-0.25, -0.2) is 4.68 Å². The normalized spacial score (nSPS) is 20.2. The van der Waals surface area contributed by atoms with Crippen molar-refractivity contribution >= 4 is 11.8 Å². The second-order valence-electron chi connectivity index (χ2n) is 7.77. The van der Waals surface area contributed by atoms with Crippen LogP contribution in [0.15, 0.2) is 6.20 Å². The van der Waals surface area contributed by atoms with Crippen LogP contribution in [0, 0.1) is 0 Å². The molecule has 1 aromatic heterocycles. The van der Waals surface area contributed by atoms with Gasteiger partial charge in [0.25, 0.3) is 5.91 Å². The lowest BCUT2D eigenvalue weighted by molar-refractivity contribution is -0.128. The number of rotatable bonds is 7. The number of nitrogens with one attached hydrogen (secondary N) is 3. The third kappa shape index (κ3) is 4.86. The van der Waals surface area contributed by atoms with E-state index in [0.29, 0.717) is 25.1 Å². The van der Waals surface area contributed by atoms with Crippen LogP contribution in [0.1, 0.15) is 81.2 Å². The Morgan fingerprint density at radius 1 is 1.26 bits per heavy atom. The first-order valence-corrected chi connectivity index (χ1v) is 10.4. The smallest absolute Gasteiger partial charge is 0.274 e. The molecule has 150 valence electrons. The summed E-state index contributed by atoms with van der Waals surface area (Å²) in [5, 5.41) is 17.6. The Morgan fingerprint density at radius 2 is 2.00 bits per heavy atom. The third-order valence-corrected chi connectivity index (χ3v) is 5.74. The highest BCUT2D eigenvalue weighted by Crippen LogP contribution is 2.29. The zero-order valence-electron chi connectivity index (χ0n) is 16.3. The van der Waals surface area contributed by atoms with E-state index in [1.807, 2.05) is 0 Å². The Labute approximate surface area is 160 Å². The molecule has 1 aliphatic heterocycles. The molecule has 2 amide bonds. The molecule has 2 aliphatic rings. The zero-order chi connectivity index (χ0) is 19.1. The molecule has 0 spiro atoms. The van der Waals surface area contributed by atoms with Crippen LogP contribution in [0.2, 0.25) is 0 Å². The van der Waals surface area contributed by atoms with Crippen molar-refractivity contribution in [2.75, 3.05) is 19.6 Å². The Kier molecular flexibility index (Phi) is 6.82. The molecule has 8 heteroatoms. The van der Waals surface area contributed by atoms with E-state index in [4.69, 9.17) is 0 Å². The van der Waals surface area contributed by atoms with E-state index in [0.717, 1.165) is 58.0 Å². The van der Waals surface area contributed by atoms with Crippen LogP contribution in [0.5, 0.6) is 0 Å². The molecule has 1 aliphatic carbocycles. The minimum absolute atomic E-state index is 0.0604. The van der Waals surface area contributed by atoms with Crippen LogP contribution in [0.4, 0.5) is 0 Å². The van der Waals surface area contributed by atoms with E-state index in [1.165, 1.54) is 0 Å². The highest BCUT2D eigenvalue weighted by atomic mass is 16.2. The number of nitrogens with zero attached hydrogens (tertiary/aromatic N) is 3. The fourth-order valence-corrected chi connectivity index (χ4v) is 4.02. The predicted molar refractivity (Wildman–Crippen MR) is 102 cm³/mol. The fraction of sp³-hybridized carbons (Fsp3) is 0.789. The number of hydrogen-bond acceptors (Lipinski definition) is 5. The van der Waals surface area contributed by atoms with Crippen molar-refractivity contribution in [1.29, 1.82) is 0 Å². The monoisotopic (exact) mass is 376 g/mol. The van der Waals surface area contributed by atoms with Crippen molar-refractivity contribution in [1.82, 2.24) is 30.9 Å². The minimum atomic E-state index is -0.818. The number of hydrogen-bond donors (Lipinski definition) is 3. The molecule has 2 fully saturated rings. The summed E-state index contributed by atoms with van der Waals surface area (Å²) in [4.78, 5) is 25.7. The van der Waals surface area contributed by atoms with Crippen LogP contribution in [-0.2, 0) is 4.79 Å². The van der Waals surface area contributed by atoms with Gasteiger partial charge < -0.3 is 16.0 Å². The largest absolute Gasteiger partial charge is 0.354 e. The summed E-state index contributed by atoms with van der Waals surface area (Å²) in [6, 6.07) is 0.279. The third-order valence-electron chi connectivity index (χ3n) is 5.74. The van der Waals surface area contributed by atoms with Gasteiger partial charge in [0, 0.05) is 6.54 Å². The highest BCUT2D eigenvalue weighted by Gasteiger charge is 2.41. The van der Waals surface area contributed by atoms with Crippen molar-refractivity contribution in [2.45, 2.75) is 76.3 Å². The van der Waals surface area contributed by atoms with Crippen LogP contribution in [0.25, 0.3) is 0 Å². The van der Waals surface area contributed by atoms with E-state index in [1.54, 1.807) is 10.9 Å². The minimum Gasteiger partial charge on any atom is -0.354 e. The van der Waals surface area contributed by atoms with Crippen LogP contribution in [-0.4, -0.2) is 52.0 Å². The molecule has 1 aromatic rings. The number of piperidine rings is 1. The number of unbranched alkanes of at least 4 members (excludes halogenated alkanes) is 1. The van der Waals surface area contributed by atoms with Crippen LogP contribution >= 0.6 is 0 Å². The molecule has 0 aromatic carbocycles. The van der Waals surface area contributed by atoms with Gasteiger partial charge in [0.1, 0.15) is 5.54 Å². The Bertz CT molecular complexity index is 632. The lowest BCUT2D eigenvalue weighted by Gasteiger charge is -2.36. The summed E-state index contributed by atoms with van der Waals surface area (Å²) < 4.78 is 1.80. The predicted octanol–water partition coefficient (Wildman–Crippen LogP) is 1.55. The lowest BCUT2D eigenvalue weighted by atomic mass is 9.80. The summed E-state index contributed by atoms with van der Waals surface area (Å²) in [5.74, 6) is -0.363. The van der Waals surface area contributed by atoms with Gasteiger partial charge in [-0.3, -0.25) is 9.59 Å². The van der Waals surface area contributed by atoms with Gasteiger partial charge in [-0.15, -0.1) is 5.10 Å². The summed E-state index contributed by atoms with van der Waals surface area (Å²) in [6.45, 7) is 4.65. The summed E-state index contributed by atoms with van der Waals surface area (Å²) in [6.07, 6.45) is 10.0. The number of carbonyl (C=O) groups excluding carboxylic acids is 2. The first-order chi connectivity index (χ1) is 13.1. The SMILES string of the molecule is CCCCNC(=O)C1(NC(=O)c2cn(C3CCNCC3)nn2)CCCCC1. The molecule has 3 rings (SSSR count). The van der Waals surface area contributed by atoms with Gasteiger partial charge in [0.15, 0.2) is 5.69 Å². The zero-order valence-corrected chi connectivity index (χ0v) is 16.3. The van der Waals surface area contributed by atoms with Gasteiger partial charge in [-0.2, -0.15) is 0 Å². The fourth-order valence-electron chi connectivity index (χ4n) is 4.02. The van der Waals surface area contributed by atoms with E-state index in [2.05, 4.69) is 33.2 Å². The van der Waals surface area contributed by atoms with Crippen molar-refractivity contribution < 1.29 is 9.59 Å². The molecule has 0 radical (unpaired) electrons. The van der Waals surface area contributed by atoms with E-state index in [-0.39, 0.29) is 17.9 Å². The first-order valence-electron chi connectivity index (χ1n) is 10.4. The average Bonchev–Trinajstić information content (AvgIpc) is 3.20. The lowest BCUT2D eigenvalue weighted by Crippen LogP contribution is -2.59. The van der Waals surface area contributed by atoms with Crippen LogP contribution in [0.3, 0.4) is 0 Å². The number of carbonyl (C=O) groups is 2. The molecule has 2 heterocycles.